The van der Waals surface area contributed by atoms with E-state index in [1.165, 1.54) is 7.11 Å². The Labute approximate surface area is 96.7 Å². The zero-order valence-electron chi connectivity index (χ0n) is 9.20. The van der Waals surface area contributed by atoms with E-state index in [0.29, 0.717) is 19.0 Å². The molecule has 4 nitrogen and oxygen atoms in total. The Hall–Kier alpha value is -1.56. The average molecular weight is 246 g/mol. The third-order valence-corrected chi connectivity index (χ3v) is 2.45. The monoisotopic (exact) mass is 246 g/mol. The largest absolute Gasteiger partial charge is 0.493 e. The second kappa shape index (κ2) is 4.37. The van der Waals surface area contributed by atoms with Gasteiger partial charge in [0.1, 0.15) is 19.8 Å². The van der Waals surface area contributed by atoms with Crippen LogP contribution in [0.1, 0.15) is 5.56 Å². The molecule has 0 atom stereocenters. The van der Waals surface area contributed by atoms with E-state index in [0.717, 1.165) is 12.1 Å². The van der Waals surface area contributed by atoms with Crippen LogP contribution in [0, 0.1) is 0 Å². The van der Waals surface area contributed by atoms with Crippen LogP contribution in [-0.2, 0) is 5.92 Å². The Bertz CT molecular complexity index is 403. The van der Waals surface area contributed by atoms with E-state index in [1.54, 1.807) is 0 Å². The molecule has 6 heteroatoms. The topological polar surface area (TPSA) is 47.9 Å². The van der Waals surface area contributed by atoms with Crippen molar-refractivity contribution in [2.24, 2.45) is 0 Å². The maximum absolute atomic E-state index is 13.4. The Kier molecular flexibility index (Phi) is 3.06. The third-order valence-electron chi connectivity index (χ3n) is 2.45. The van der Waals surface area contributed by atoms with Gasteiger partial charge in [0.2, 0.25) is 5.75 Å². The molecule has 0 aliphatic carbocycles. The summed E-state index contributed by atoms with van der Waals surface area (Å²) in [6.45, 7) is -0.626. The predicted molar refractivity (Wildman–Crippen MR) is 55.0 cm³/mol. The molecule has 1 aliphatic rings. The smallest absolute Gasteiger partial charge is 0.296 e. The van der Waals surface area contributed by atoms with Crippen LogP contribution in [0.25, 0.3) is 0 Å². The maximum Gasteiger partial charge on any atom is 0.296 e. The number of hydrogen-bond acceptors (Lipinski definition) is 4. The number of ether oxygens (including phenoxy) is 3. The highest BCUT2D eigenvalue weighted by Crippen LogP contribution is 2.43. The fraction of sp³-hybridized carbons (Fsp3) is 0.455. The summed E-state index contributed by atoms with van der Waals surface area (Å²) >= 11 is 0. The van der Waals surface area contributed by atoms with Crippen molar-refractivity contribution in [2.45, 2.75) is 5.92 Å². The second-order valence-electron chi connectivity index (χ2n) is 3.57. The van der Waals surface area contributed by atoms with E-state index in [4.69, 9.17) is 19.3 Å². The van der Waals surface area contributed by atoms with Crippen LogP contribution in [0.5, 0.6) is 17.2 Å². The van der Waals surface area contributed by atoms with Crippen LogP contribution in [0.4, 0.5) is 8.78 Å². The molecule has 0 bridgehead atoms. The van der Waals surface area contributed by atoms with Gasteiger partial charge in [-0.1, -0.05) is 0 Å². The standard InChI is InChI=1S/C11H12F2O4/c1-15-8-4-7(11(12,13)6-14)5-9-10(8)17-3-2-16-9/h4-5,14H,2-3,6H2,1H3. The van der Waals surface area contributed by atoms with Crippen molar-refractivity contribution in [3.8, 4) is 17.2 Å². The van der Waals surface area contributed by atoms with Gasteiger partial charge in [-0.05, 0) is 12.1 Å². The molecular weight excluding hydrogens is 234 g/mol. The zero-order valence-corrected chi connectivity index (χ0v) is 9.20. The minimum absolute atomic E-state index is 0.172. The van der Waals surface area contributed by atoms with Crippen molar-refractivity contribution in [2.75, 3.05) is 26.9 Å². The minimum Gasteiger partial charge on any atom is -0.493 e. The molecule has 1 N–H and O–H groups in total. The lowest BCUT2D eigenvalue weighted by molar-refractivity contribution is -0.0560. The summed E-state index contributed by atoms with van der Waals surface area (Å²) in [7, 11) is 1.36. The van der Waals surface area contributed by atoms with Gasteiger partial charge in [0.15, 0.2) is 11.5 Å². The number of fused-ring (bicyclic) bond motifs is 1. The number of benzene rings is 1. The first-order chi connectivity index (χ1) is 8.08. The molecule has 1 aliphatic heterocycles. The molecule has 0 amide bonds. The van der Waals surface area contributed by atoms with E-state index >= 15 is 0 Å². The van der Waals surface area contributed by atoms with E-state index in [1.807, 2.05) is 0 Å². The van der Waals surface area contributed by atoms with Crippen molar-refractivity contribution in [1.29, 1.82) is 0 Å². The Morgan fingerprint density at radius 2 is 2.06 bits per heavy atom. The van der Waals surface area contributed by atoms with E-state index < -0.39 is 12.5 Å². The van der Waals surface area contributed by atoms with Gasteiger partial charge in [0, 0.05) is 5.56 Å². The summed E-state index contributed by atoms with van der Waals surface area (Å²) < 4.78 is 42.2. The zero-order chi connectivity index (χ0) is 12.5. The number of hydrogen-bond donors (Lipinski definition) is 1. The number of aliphatic hydroxyl groups excluding tert-OH is 1. The van der Waals surface area contributed by atoms with Crippen LogP contribution in [0.3, 0.4) is 0 Å². The number of halogens is 2. The van der Waals surface area contributed by atoms with Crippen molar-refractivity contribution < 1.29 is 28.1 Å². The molecule has 0 fully saturated rings. The molecule has 0 saturated carbocycles. The predicted octanol–water partition coefficient (Wildman–Crippen LogP) is 1.55. The van der Waals surface area contributed by atoms with Crippen LogP contribution in [0.2, 0.25) is 0 Å². The minimum atomic E-state index is -3.33. The van der Waals surface area contributed by atoms with Crippen LogP contribution in [0.15, 0.2) is 12.1 Å². The van der Waals surface area contributed by atoms with Gasteiger partial charge in [0.05, 0.1) is 7.11 Å². The van der Waals surface area contributed by atoms with Gasteiger partial charge in [-0.3, -0.25) is 0 Å². The molecule has 0 aromatic heterocycles. The number of rotatable bonds is 3. The fourth-order valence-electron chi connectivity index (χ4n) is 1.58. The van der Waals surface area contributed by atoms with Crippen LogP contribution < -0.4 is 14.2 Å². The molecule has 17 heavy (non-hydrogen) atoms. The first-order valence-corrected chi connectivity index (χ1v) is 5.05. The molecule has 1 aromatic rings. The number of aliphatic hydroxyl groups is 1. The lowest BCUT2D eigenvalue weighted by atomic mass is 10.1. The Morgan fingerprint density at radius 3 is 2.71 bits per heavy atom. The molecule has 1 aromatic carbocycles. The van der Waals surface area contributed by atoms with Gasteiger partial charge in [-0.25, -0.2) is 0 Å². The van der Waals surface area contributed by atoms with Gasteiger partial charge < -0.3 is 19.3 Å². The SMILES string of the molecule is COc1cc(C(F)(F)CO)cc2c1OCCO2. The summed E-state index contributed by atoms with van der Waals surface area (Å²) in [5, 5.41) is 8.65. The fourth-order valence-corrected chi connectivity index (χ4v) is 1.58. The van der Waals surface area contributed by atoms with Gasteiger partial charge in [0.25, 0.3) is 5.92 Å². The third kappa shape index (κ3) is 2.12. The van der Waals surface area contributed by atoms with E-state index in [2.05, 4.69) is 0 Å². The van der Waals surface area contributed by atoms with Crippen LogP contribution in [-0.4, -0.2) is 32.0 Å². The van der Waals surface area contributed by atoms with Crippen molar-refractivity contribution >= 4 is 0 Å². The summed E-state index contributed by atoms with van der Waals surface area (Å²) in [4.78, 5) is 0. The summed E-state index contributed by atoms with van der Waals surface area (Å²) in [5.41, 5.74) is -0.360. The van der Waals surface area contributed by atoms with Gasteiger partial charge in [-0.2, -0.15) is 8.78 Å². The van der Waals surface area contributed by atoms with Gasteiger partial charge >= 0.3 is 0 Å². The van der Waals surface area contributed by atoms with Crippen molar-refractivity contribution in [1.82, 2.24) is 0 Å². The molecule has 0 saturated heterocycles. The van der Waals surface area contributed by atoms with Crippen molar-refractivity contribution in [3.05, 3.63) is 17.7 Å². The molecule has 1 heterocycles. The first-order valence-electron chi connectivity index (χ1n) is 5.05. The maximum atomic E-state index is 13.4. The van der Waals surface area contributed by atoms with E-state index in [9.17, 15) is 8.78 Å². The molecule has 2 rings (SSSR count). The highest BCUT2D eigenvalue weighted by atomic mass is 19.3. The number of alkyl halides is 2. The summed E-state index contributed by atoms with van der Waals surface area (Å²) in [6.07, 6.45) is 0. The Balaban J connectivity index is 2.50. The second-order valence-corrected chi connectivity index (χ2v) is 3.57. The molecular formula is C11H12F2O4. The molecule has 0 unspecified atom stereocenters. The average Bonchev–Trinajstić information content (AvgIpc) is 2.37. The number of methoxy groups -OCH3 is 1. The first kappa shape index (κ1) is 11.9. The summed E-state index contributed by atoms with van der Waals surface area (Å²) in [5.74, 6) is -2.64. The summed E-state index contributed by atoms with van der Waals surface area (Å²) in [6, 6.07) is 2.30. The molecule has 94 valence electrons. The lowest BCUT2D eigenvalue weighted by Gasteiger charge is -2.23. The van der Waals surface area contributed by atoms with Crippen molar-refractivity contribution in [3.63, 3.8) is 0 Å². The highest BCUT2D eigenvalue weighted by molar-refractivity contribution is 5.55. The van der Waals surface area contributed by atoms with E-state index in [-0.39, 0.29) is 17.1 Å². The molecule has 0 spiro atoms. The highest BCUT2D eigenvalue weighted by Gasteiger charge is 2.33. The quantitative estimate of drug-likeness (QED) is 0.879. The lowest BCUT2D eigenvalue weighted by Crippen LogP contribution is -2.21. The van der Waals surface area contributed by atoms with Crippen LogP contribution >= 0.6 is 0 Å². The Morgan fingerprint density at radius 1 is 1.35 bits per heavy atom. The van der Waals surface area contributed by atoms with Gasteiger partial charge in [-0.15, -0.1) is 0 Å². The molecule has 0 radical (unpaired) electrons. The normalized spacial score (nSPS) is 14.6.